The number of aryl methyl sites for hydroxylation is 1. The number of nitrogens with one attached hydrogen (secondary N) is 1. The molecule has 1 aromatic rings. The molecule has 0 radical (unpaired) electrons. The van der Waals surface area contributed by atoms with Crippen LogP contribution in [0.25, 0.3) is 0 Å². The molecule has 0 heterocycles. The van der Waals surface area contributed by atoms with Gasteiger partial charge in [-0.3, -0.25) is 0 Å². The molecule has 1 rings (SSSR count). The molecule has 0 unspecified atom stereocenters. The van der Waals surface area contributed by atoms with E-state index in [4.69, 9.17) is 0 Å². The van der Waals surface area contributed by atoms with Crippen molar-refractivity contribution >= 4 is 37.7 Å². The molecule has 7 heteroatoms. The van der Waals surface area contributed by atoms with E-state index in [0.29, 0.717) is 16.6 Å². The van der Waals surface area contributed by atoms with E-state index >= 15 is 0 Å². The number of halogens is 1. The van der Waals surface area contributed by atoms with Gasteiger partial charge in [0.1, 0.15) is 0 Å². The Labute approximate surface area is 139 Å². The third-order valence-corrected chi connectivity index (χ3v) is 6.57. The molecule has 0 aliphatic carbocycles. The SMILES string of the molecule is CSCCCCCNS(=O)(=O)c1cc(CO)cc(C)c1Br. The standard InChI is InChI=1S/C14H22BrNO3S2/c1-11-8-12(10-17)9-13(14(11)15)21(18,19)16-6-4-3-5-7-20-2/h8-9,16-17H,3-7,10H2,1-2H3. The Bertz CT molecular complexity index is 562. The molecule has 0 aromatic heterocycles. The van der Waals surface area contributed by atoms with Crippen LogP contribution >= 0.6 is 27.7 Å². The number of rotatable bonds is 9. The zero-order chi connectivity index (χ0) is 15.9. The van der Waals surface area contributed by atoms with Gasteiger partial charge in [0, 0.05) is 11.0 Å². The number of unbranched alkanes of at least 4 members (excludes halogenated alkanes) is 2. The van der Waals surface area contributed by atoms with Crippen LogP contribution in [0.3, 0.4) is 0 Å². The van der Waals surface area contributed by atoms with Crippen molar-refractivity contribution in [3.8, 4) is 0 Å². The third-order valence-electron chi connectivity index (χ3n) is 3.07. The smallest absolute Gasteiger partial charge is 0.241 e. The van der Waals surface area contributed by atoms with Crippen LogP contribution < -0.4 is 4.72 Å². The molecule has 0 atom stereocenters. The minimum Gasteiger partial charge on any atom is -0.392 e. The maximum atomic E-state index is 12.3. The summed E-state index contributed by atoms with van der Waals surface area (Å²) in [5, 5.41) is 9.21. The summed E-state index contributed by atoms with van der Waals surface area (Å²) < 4.78 is 27.8. The molecule has 4 nitrogen and oxygen atoms in total. The highest BCUT2D eigenvalue weighted by molar-refractivity contribution is 9.10. The summed E-state index contributed by atoms with van der Waals surface area (Å²) in [6, 6.07) is 3.28. The molecular formula is C14H22BrNO3S2. The summed E-state index contributed by atoms with van der Waals surface area (Å²) in [7, 11) is -3.55. The lowest BCUT2D eigenvalue weighted by Gasteiger charge is -2.12. The molecule has 0 bridgehead atoms. The predicted octanol–water partition coefficient (Wildman–Crippen LogP) is 3.06. The molecule has 2 N–H and O–H groups in total. The van der Waals surface area contributed by atoms with E-state index in [2.05, 4.69) is 26.9 Å². The zero-order valence-corrected chi connectivity index (χ0v) is 15.6. The van der Waals surface area contributed by atoms with Crippen LogP contribution in [-0.4, -0.2) is 32.1 Å². The Balaban J connectivity index is 2.72. The van der Waals surface area contributed by atoms with Crippen molar-refractivity contribution in [1.82, 2.24) is 4.72 Å². The number of hydrogen-bond acceptors (Lipinski definition) is 4. The molecule has 0 aliphatic rings. The van der Waals surface area contributed by atoms with Crippen molar-refractivity contribution in [3.63, 3.8) is 0 Å². The molecule has 120 valence electrons. The van der Waals surface area contributed by atoms with Gasteiger partial charge in [-0.15, -0.1) is 0 Å². The van der Waals surface area contributed by atoms with Gasteiger partial charge >= 0.3 is 0 Å². The first kappa shape index (κ1) is 19.0. The van der Waals surface area contributed by atoms with Crippen LogP contribution in [0.4, 0.5) is 0 Å². The van der Waals surface area contributed by atoms with Crippen LogP contribution in [-0.2, 0) is 16.6 Å². The number of hydrogen-bond donors (Lipinski definition) is 2. The number of benzene rings is 1. The van der Waals surface area contributed by atoms with Crippen LogP contribution in [0.5, 0.6) is 0 Å². The van der Waals surface area contributed by atoms with Gasteiger partial charge < -0.3 is 5.11 Å². The summed E-state index contributed by atoms with van der Waals surface area (Å²) in [6.07, 6.45) is 5.01. The first-order valence-electron chi connectivity index (χ1n) is 6.81. The maximum absolute atomic E-state index is 12.3. The maximum Gasteiger partial charge on any atom is 0.241 e. The minimum atomic E-state index is -3.55. The fourth-order valence-electron chi connectivity index (χ4n) is 1.93. The summed E-state index contributed by atoms with van der Waals surface area (Å²) in [4.78, 5) is 0.190. The van der Waals surface area contributed by atoms with Gasteiger partial charge in [-0.2, -0.15) is 11.8 Å². The first-order valence-corrected chi connectivity index (χ1v) is 10.5. The second-order valence-electron chi connectivity index (χ2n) is 4.83. The quantitative estimate of drug-likeness (QED) is 0.630. The summed E-state index contributed by atoms with van der Waals surface area (Å²) in [6.45, 7) is 2.07. The predicted molar refractivity (Wildman–Crippen MR) is 92.2 cm³/mol. The van der Waals surface area contributed by atoms with Crippen molar-refractivity contribution in [2.75, 3.05) is 18.6 Å². The highest BCUT2D eigenvalue weighted by Gasteiger charge is 2.19. The van der Waals surface area contributed by atoms with E-state index in [9.17, 15) is 13.5 Å². The Morgan fingerprint density at radius 2 is 2.00 bits per heavy atom. The number of sulfonamides is 1. The Hall–Kier alpha value is -0.0800. The molecule has 1 aromatic carbocycles. The first-order chi connectivity index (χ1) is 9.92. The van der Waals surface area contributed by atoms with Crippen LogP contribution in [0.15, 0.2) is 21.5 Å². The molecule has 0 saturated carbocycles. The van der Waals surface area contributed by atoms with Crippen molar-refractivity contribution in [2.45, 2.75) is 37.7 Å². The van der Waals surface area contributed by atoms with E-state index in [-0.39, 0.29) is 11.5 Å². The van der Waals surface area contributed by atoms with Crippen molar-refractivity contribution in [1.29, 1.82) is 0 Å². The molecule has 0 saturated heterocycles. The lowest BCUT2D eigenvalue weighted by atomic mass is 10.1. The van der Waals surface area contributed by atoms with Crippen LogP contribution in [0.2, 0.25) is 0 Å². The molecule has 0 fully saturated rings. The van der Waals surface area contributed by atoms with Gasteiger partial charge in [-0.25, -0.2) is 13.1 Å². The molecule has 0 amide bonds. The van der Waals surface area contributed by atoms with Crippen molar-refractivity contribution in [2.24, 2.45) is 0 Å². The second-order valence-corrected chi connectivity index (χ2v) is 8.35. The van der Waals surface area contributed by atoms with Gasteiger partial charge in [0.15, 0.2) is 0 Å². The van der Waals surface area contributed by atoms with E-state index in [1.165, 1.54) is 6.07 Å². The lowest BCUT2D eigenvalue weighted by molar-refractivity contribution is 0.281. The Kier molecular flexibility index (Phi) is 8.26. The second kappa shape index (κ2) is 9.15. The Morgan fingerprint density at radius 3 is 2.62 bits per heavy atom. The van der Waals surface area contributed by atoms with Gasteiger partial charge in [0.25, 0.3) is 0 Å². The Morgan fingerprint density at radius 1 is 1.29 bits per heavy atom. The monoisotopic (exact) mass is 395 g/mol. The van der Waals surface area contributed by atoms with E-state index in [0.717, 1.165) is 30.6 Å². The van der Waals surface area contributed by atoms with Gasteiger partial charge in [0.05, 0.1) is 11.5 Å². The van der Waals surface area contributed by atoms with Crippen molar-refractivity contribution < 1.29 is 13.5 Å². The fraction of sp³-hybridized carbons (Fsp3) is 0.571. The number of aliphatic hydroxyl groups excluding tert-OH is 1. The molecule has 0 aliphatic heterocycles. The summed E-state index contributed by atoms with van der Waals surface area (Å²) in [5.41, 5.74) is 1.39. The molecule has 21 heavy (non-hydrogen) atoms. The van der Waals surface area contributed by atoms with Gasteiger partial charge in [0.2, 0.25) is 10.0 Å². The normalized spacial score (nSPS) is 11.8. The van der Waals surface area contributed by atoms with E-state index in [1.54, 1.807) is 17.8 Å². The summed E-state index contributed by atoms with van der Waals surface area (Å²) >= 11 is 5.12. The fourth-order valence-corrected chi connectivity index (χ4v) is 4.56. The third kappa shape index (κ3) is 5.90. The van der Waals surface area contributed by atoms with Crippen LogP contribution in [0.1, 0.15) is 30.4 Å². The average molecular weight is 396 g/mol. The van der Waals surface area contributed by atoms with E-state index in [1.807, 2.05) is 6.92 Å². The number of aliphatic hydroxyl groups is 1. The van der Waals surface area contributed by atoms with Gasteiger partial charge in [-0.1, -0.05) is 12.5 Å². The van der Waals surface area contributed by atoms with E-state index < -0.39 is 10.0 Å². The highest BCUT2D eigenvalue weighted by Crippen LogP contribution is 2.27. The van der Waals surface area contributed by atoms with Crippen LogP contribution in [0, 0.1) is 6.92 Å². The highest BCUT2D eigenvalue weighted by atomic mass is 79.9. The summed E-state index contributed by atoms with van der Waals surface area (Å²) in [5.74, 6) is 1.11. The lowest BCUT2D eigenvalue weighted by Crippen LogP contribution is -2.25. The molecule has 0 spiro atoms. The molecular weight excluding hydrogens is 374 g/mol. The minimum absolute atomic E-state index is 0.175. The van der Waals surface area contributed by atoms with Crippen molar-refractivity contribution in [3.05, 3.63) is 27.7 Å². The topological polar surface area (TPSA) is 66.4 Å². The zero-order valence-electron chi connectivity index (χ0n) is 12.4. The van der Waals surface area contributed by atoms with Gasteiger partial charge in [-0.05, 0) is 64.9 Å². The number of thioether (sulfide) groups is 1. The largest absolute Gasteiger partial charge is 0.392 e. The average Bonchev–Trinajstić information content (AvgIpc) is 2.45.